The molecule has 3 N–H and O–H groups in total. The van der Waals surface area contributed by atoms with Crippen molar-refractivity contribution in [1.82, 2.24) is 14.6 Å². The summed E-state index contributed by atoms with van der Waals surface area (Å²) in [6, 6.07) is 0.943. The number of carbonyl (C=O) groups is 1. The molecule has 0 spiro atoms. The van der Waals surface area contributed by atoms with Gasteiger partial charge in [0, 0.05) is 31.4 Å². The number of halogens is 3. The zero-order valence-corrected chi connectivity index (χ0v) is 11.0. The van der Waals surface area contributed by atoms with Gasteiger partial charge in [0.15, 0.2) is 11.5 Å². The Kier molecular flexibility index (Phi) is 4.29. The smallest absolute Gasteiger partial charge is 0.370 e. The maximum atomic E-state index is 12.6. The van der Waals surface area contributed by atoms with E-state index in [-0.39, 0.29) is 17.8 Å². The molecule has 0 saturated heterocycles. The Morgan fingerprint density at radius 2 is 2.14 bits per heavy atom. The summed E-state index contributed by atoms with van der Waals surface area (Å²) < 4.78 is 39.0. The van der Waals surface area contributed by atoms with E-state index in [4.69, 9.17) is 5.73 Å². The number of nitrogens with two attached hydrogens (primary N) is 1. The van der Waals surface area contributed by atoms with Gasteiger partial charge in [0.1, 0.15) is 5.52 Å². The van der Waals surface area contributed by atoms with E-state index >= 15 is 0 Å². The molecule has 0 aliphatic carbocycles. The highest BCUT2D eigenvalue weighted by Gasteiger charge is 2.34. The lowest BCUT2D eigenvalue weighted by Crippen LogP contribution is -2.11. The third-order valence-electron chi connectivity index (χ3n) is 2.82. The number of primary amides is 1. The number of carbonyl (C=O) groups excluding carboxylic acids is 1. The normalized spacial score (nSPS) is 11.8. The summed E-state index contributed by atoms with van der Waals surface area (Å²) >= 11 is 0. The second-order valence-corrected chi connectivity index (χ2v) is 4.48. The molecular formula is C12H14F3N5O. The van der Waals surface area contributed by atoms with E-state index in [0.717, 1.165) is 10.6 Å². The molecule has 6 nitrogen and oxygen atoms in total. The van der Waals surface area contributed by atoms with Gasteiger partial charge < -0.3 is 11.1 Å². The van der Waals surface area contributed by atoms with Crippen LogP contribution in [-0.4, -0.2) is 27.0 Å². The van der Waals surface area contributed by atoms with Crippen LogP contribution < -0.4 is 11.1 Å². The van der Waals surface area contributed by atoms with Gasteiger partial charge in [0.2, 0.25) is 5.91 Å². The van der Waals surface area contributed by atoms with Crippen LogP contribution in [0.4, 0.5) is 19.0 Å². The first-order valence-corrected chi connectivity index (χ1v) is 6.31. The van der Waals surface area contributed by atoms with Gasteiger partial charge >= 0.3 is 6.18 Å². The summed E-state index contributed by atoms with van der Waals surface area (Å²) in [6.07, 6.45) is -0.228. The summed E-state index contributed by atoms with van der Waals surface area (Å²) in [4.78, 5) is 14.6. The number of hydrogen-bond acceptors (Lipinski definition) is 4. The highest BCUT2D eigenvalue weighted by Crippen LogP contribution is 2.29. The number of aromatic nitrogens is 3. The van der Waals surface area contributed by atoms with Crippen molar-refractivity contribution in [1.29, 1.82) is 0 Å². The van der Waals surface area contributed by atoms with E-state index in [1.807, 2.05) is 0 Å². The van der Waals surface area contributed by atoms with Gasteiger partial charge in [0.05, 0.1) is 0 Å². The summed E-state index contributed by atoms with van der Waals surface area (Å²) in [7, 11) is 0. The average molecular weight is 301 g/mol. The summed E-state index contributed by atoms with van der Waals surface area (Å²) in [6.45, 7) is 0.479. The molecule has 0 unspecified atom stereocenters. The number of rotatable bonds is 6. The van der Waals surface area contributed by atoms with Crippen LogP contribution in [0.3, 0.4) is 0 Å². The minimum absolute atomic E-state index is 0.250. The van der Waals surface area contributed by atoms with E-state index in [1.54, 1.807) is 0 Å². The van der Waals surface area contributed by atoms with Gasteiger partial charge in [0.25, 0.3) is 0 Å². The van der Waals surface area contributed by atoms with Crippen LogP contribution in [0.15, 0.2) is 18.5 Å². The largest absolute Gasteiger partial charge is 0.435 e. The number of hydrogen-bond donors (Lipinski definition) is 2. The first-order chi connectivity index (χ1) is 9.88. The first-order valence-electron chi connectivity index (χ1n) is 6.31. The predicted octanol–water partition coefficient (Wildman–Crippen LogP) is 1.82. The highest BCUT2D eigenvalue weighted by molar-refractivity contribution is 5.73. The van der Waals surface area contributed by atoms with Crippen molar-refractivity contribution >= 4 is 17.2 Å². The molecule has 0 bridgehead atoms. The van der Waals surface area contributed by atoms with E-state index < -0.39 is 11.9 Å². The van der Waals surface area contributed by atoms with Crippen LogP contribution in [0, 0.1) is 0 Å². The SMILES string of the molecule is NC(=O)CCCCNc1nccn2nc(C(F)(F)F)cc12. The topological polar surface area (TPSA) is 85.3 Å². The number of nitrogens with one attached hydrogen (secondary N) is 1. The lowest BCUT2D eigenvalue weighted by molar-refractivity contribution is -0.141. The molecule has 114 valence electrons. The van der Waals surface area contributed by atoms with E-state index in [2.05, 4.69) is 15.4 Å². The maximum absolute atomic E-state index is 12.6. The maximum Gasteiger partial charge on any atom is 0.435 e. The minimum Gasteiger partial charge on any atom is -0.370 e. The second kappa shape index (κ2) is 5.98. The Bertz CT molecular complexity index is 637. The predicted molar refractivity (Wildman–Crippen MR) is 69.5 cm³/mol. The van der Waals surface area contributed by atoms with Gasteiger partial charge in [-0.15, -0.1) is 0 Å². The van der Waals surface area contributed by atoms with Crippen LogP contribution >= 0.6 is 0 Å². The van der Waals surface area contributed by atoms with Crippen molar-refractivity contribution in [2.75, 3.05) is 11.9 Å². The van der Waals surface area contributed by atoms with Gasteiger partial charge in [-0.3, -0.25) is 4.79 Å². The number of fused-ring (bicyclic) bond motifs is 1. The van der Waals surface area contributed by atoms with Gasteiger partial charge in [-0.1, -0.05) is 0 Å². The van der Waals surface area contributed by atoms with Crippen molar-refractivity contribution in [3.8, 4) is 0 Å². The van der Waals surface area contributed by atoms with Crippen LogP contribution in [0.2, 0.25) is 0 Å². The Balaban J connectivity index is 2.06. The fourth-order valence-corrected chi connectivity index (χ4v) is 1.83. The van der Waals surface area contributed by atoms with Crippen LogP contribution in [0.5, 0.6) is 0 Å². The molecule has 0 saturated carbocycles. The molecule has 0 fully saturated rings. The Morgan fingerprint density at radius 1 is 1.38 bits per heavy atom. The third kappa shape index (κ3) is 3.83. The van der Waals surface area contributed by atoms with Crippen LogP contribution in [0.25, 0.3) is 5.52 Å². The number of amides is 1. The average Bonchev–Trinajstić information content (AvgIpc) is 2.82. The number of anilines is 1. The molecule has 2 heterocycles. The fourth-order valence-electron chi connectivity index (χ4n) is 1.83. The second-order valence-electron chi connectivity index (χ2n) is 4.48. The molecule has 0 atom stereocenters. The lowest BCUT2D eigenvalue weighted by Gasteiger charge is -2.06. The molecule has 2 aromatic rings. The lowest BCUT2D eigenvalue weighted by atomic mass is 10.2. The summed E-state index contributed by atoms with van der Waals surface area (Å²) in [5, 5.41) is 6.40. The molecule has 2 aromatic heterocycles. The highest BCUT2D eigenvalue weighted by atomic mass is 19.4. The third-order valence-corrected chi connectivity index (χ3v) is 2.82. The Hall–Kier alpha value is -2.32. The van der Waals surface area contributed by atoms with Crippen molar-refractivity contribution in [2.45, 2.75) is 25.4 Å². The zero-order chi connectivity index (χ0) is 15.5. The molecule has 2 rings (SSSR count). The Labute approximate surface area is 118 Å². The number of alkyl halides is 3. The molecule has 0 radical (unpaired) electrons. The summed E-state index contributed by atoms with van der Waals surface area (Å²) in [5.74, 6) is -0.0552. The van der Waals surface area contributed by atoms with Gasteiger partial charge in [-0.2, -0.15) is 18.3 Å². The molecular weight excluding hydrogens is 287 g/mol. The van der Waals surface area contributed by atoms with E-state index in [0.29, 0.717) is 25.2 Å². The zero-order valence-electron chi connectivity index (χ0n) is 11.0. The molecule has 21 heavy (non-hydrogen) atoms. The van der Waals surface area contributed by atoms with Crippen LogP contribution in [-0.2, 0) is 11.0 Å². The Morgan fingerprint density at radius 3 is 2.81 bits per heavy atom. The van der Waals surface area contributed by atoms with Crippen LogP contribution in [0.1, 0.15) is 25.0 Å². The standard InChI is InChI=1S/C12H14F3N5O/c13-12(14,15)9-7-8-11(18-5-6-20(8)19-9)17-4-2-1-3-10(16)21/h5-7H,1-4H2,(H2,16,21)(H,17,18). The van der Waals surface area contributed by atoms with E-state index in [1.165, 1.54) is 12.4 Å². The number of nitrogens with zero attached hydrogens (tertiary/aromatic N) is 3. The minimum atomic E-state index is -4.50. The molecule has 0 aromatic carbocycles. The molecule has 0 aliphatic heterocycles. The molecule has 9 heteroatoms. The van der Waals surface area contributed by atoms with Gasteiger partial charge in [-0.05, 0) is 12.8 Å². The molecule has 0 aliphatic rings. The van der Waals surface area contributed by atoms with Crippen molar-refractivity contribution in [2.24, 2.45) is 5.73 Å². The summed E-state index contributed by atoms with van der Waals surface area (Å²) in [5.41, 5.74) is 4.30. The first kappa shape index (κ1) is 15.1. The van der Waals surface area contributed by atoms with Crippen molar-refractivity contribution < 1.29 is 18.0 Å². The monoisotopic (exact) mass is 301 g/mol. The number of unbranched alkanes of at least 4 members (excludes halogenated alkanes) is 1. The van der Waals surface area contributed by atoms with E-state index in [9.17, 15) is 18.0 Å². The van der Waals surface area contributed by atoms with Crippen molar-refractivity contribution in [3.05, 3.63) is 24.2 Å². The van der Waals surface area contributed by atoms with Gasteiger partial charge in [-0.25, -0.2) is 9.50 Å². The van der Waals surface area contributed by atoms with Crippen molar-refractivity contribution in [3.63, 3.8) is 0 Å². The molecule has 1 amide bonds. The quantitative estimate of drug-likeness (QED) is 0.797. The fraction of sp³-hybridized carbons (Fsp3) is 0.417.